The molecule has 130 valence electrons. The zero-order chi connectivity index (χ0) is 18.0. The topological polar surface area (TPSA) is 70.1 Å². The van der Waals surface area contributed by atoms with E-state index in [1.807, 2.05) is 62.4 Å². The first kappa shape index (κ1) is 17.4. The van der Waals surface area contributed by atoms with Crippen molar-refractivity contribution in [1.29, 1.82) is 0 Å². The van der Waals surface area contributed by atoms with Crippen LogP contribution in [0.1, 0.15) is 13.8 Å². The lowest BCUT2D eigenvalue weighted by Gasteiger charge is -2.17. The Labute approximate surface area is 151 Å². The van der Waals surface area contributed by atoms with Crippen LogP contribution in [0.25, 0.3) is 16.7 Å². The van der Waals surface area contributed by atoms with Crippen LogP contribution in [-0.2, 0) is 4.79 Å². The van der Waals surface area contributed by atoms with Crippen LogP contribution in [0.5, 0.6) is 5.75 Å². The largest absolute Gasteiger partial charge is 0.497 e. The van der Waals surface area contributed by atoms with Crippen molar-refractivity contribution in [3.63, 3.8) is 0 Å². The van der Waals surface area contributed by atoms with Crippen LogP contribution in [0.2, 0.25) is 0 Å². The molecule has 0 aliphatic carbocycles. The third-order valence-corrected chi connectivity index (χ3v) is 5.49. The van der Waals surface area contributed by atoms with Crippen molar-refractivity contribution in [3.05, 3.63) is 48.5 Å². The number of fused-ring (bicyclic) bond motifs is 1. The summed E-state index contributed by atoms with van der Waals surface area (Å²) in [7, 11) is 1.64. The van der Waals surface area contributed by atoms with Gasteiger partial charge in [0.05, 0.1) is 23.4 Å². The standard InChI is InChI=1S/C19H21N3O2S/c1-12(2)17(18(20)23)25-19-21-15-6-4-5-7-16(15)22(19)13-8-10-14(24-3)11-9-13/h4-12,17H,1-3H3,(H2,20,23). The van der Waals surface area contributed by atoms with Gasteiger partial charge >= 0.3 is 0 Å². The van der Waals surface area contributed by atoms with E-state index in [0.29, 0.717) is 0 Å². The zero-order valence-corrected chi connectivity index (χ0v) is 15.3. The van der Waals surface area contributed by atoms with Crippen molar-refractivity contribution in [3.8, 4) is 11.4 Å². The Morgan fingerprint density at radius 3 is 2.44 bits per heavy atom. The van der Waals surface area contributed by atoms with Gasteiger partial charge in [0, 0.05) is 5.69 Å². The molecule has 0 aliphatic rings. The number of nitrogens with zero attached hydrogens (tertiary/aromatic N) is 2. The second-order valence-electron chi connectivity index (χ2n) is 6.10. The van der Waals surface area contributed by atoms with Crippen LogP contribution in [0.15, 0.2) is 53.7 Å². The number of amides is 1. The number of benzene rings is 2. The zero-order valence-electron chi connectivity index (χ0n) is 14.5. The first-order chi connectivity index (χ1) is 12.0. The molecule has 6 heteroatoms. The molecule has 1 aromatic heterocycles. The molecule has 1 atom stereocenters. The number of primary amides is 1. The number of methoxy groups -OCH3 is 1. The molecule has 3 rings (SSSR count). The van der Waals surface area contributed by atoms with Crippen LogP contribution in [0.3, 0.4) is 0 Å². The Kier molecular flexibility index (Phi) is 4.99. The Morgan fingerprint density at radius 2 is 1.84 bits per heavy atom. The predicted octanol–water partition coefficient (Wildman–Crippen LogP) is 3.64. The number of hydrogen-bond acceptors (Lipinski definition) is 4. The fourth-order valence-electron chi connectivity index (χ4n) is 2.70. The molecule has 0 saturated carbocycles. The van der Waals surface area contributed by atoms with Crippen LogP contribution >= 0.6 is 11.8 Å². The lowest BCUT2D eigenvalue weighted by atomic mass is 10.1. The quantitative estimate of drug-likeness (QED) is 0.686. The summed E-state index contributed by atoms with van der Waals surface area (Å²) in [5.41, 5.74) is 8.43. The maximum absolute atomic E-state index is 11.8. The van der Waals surface area contributed by atoms with Gasteiger partial charge in [0.1, 0.15) is 5.75 Å². The molecule has 0 spiro atoms. The van der Waals surface area contributed by atoms with E-state index in [1.54, 1.807) is 7.11 Å². The van der Waals surface area contributed by atoms with E-state index in [2.05, 4.69) is 4.57 Å². The van der Waals surface area contributed by atoms with Crippen molar-refractivity contribution in [1.82, 2.24) is 9.55 Å². The molecule has 0 bridgehead atoms. The number of hydrogen-bond donors (Lipinski definition) is 1. The smallest absolute Gasteiger partial charge is 0.231 e. The number of imidazole rings is 1. The van der Waals surface area contributed by atoms with Crippen LogP contribution in [-0.4, -0.2) is 27.8 Å². The molecular weight excluding hydrogens is 334 g/mol. The third-order valence-electron chi connectivity index (χ3n) is 3.98. The van der Waals surface area contributed by atoms with E-state index >= 15 is 0 Å². The number of carbonyl (C=O) groups excluding carboxylic acids is 1. The van der Waals surface area contributed by atoms with E-state index in [9.17, 15) is 4.79 Å². The van der Waals surface area contributed by atoms with Gasteiger partial charge < -0.3 is 10.5 Å². The Hall–Kier alpha value is -2.47. The fraction of sp³-hybridized carbons (Fsp3) is 0.263. The van der Waals surface area contributed by atoms with Crippen molar-refractivity contribution < 1.29 is 9.53 Å². The maximum atomic E-state index is 11.8. The minimum atomic E-state index is -0.339. The summed E-state index contributed by atoms with van der Waals surface area (Å²) in [6.07, 6.45) is 0. The van der Waals surface area contributed by atoms with Gasteiger partial charge in [-0.05, 0) is 42.3 Å². The van der Waals surface area contributed by atoms with Gasteiger partial charge in [-0.2, -0.15) is 0 Å². The molecule has 1 heterocycles. The molecule has 5 nitrogen and oxygen atoms in total. The minimum absolute atomic E-state index is 0.117. The summed E-state index contributed by atoms with van der Waals surface area (Å²) in [5.74, 6) is 0.583. The average molecular weight is 355 g/mol. The van der Waals surface area contributed by atoms with Gasteiger partial charge in [0.25, 0.3) is 0 Å². The summed E-state index contributed by atoms with van der Waals surface area (Å²) >= 11 is 1.41. The first-order valence-corrected chi connectivity index (χ1v) is 8.97. The van der Waals surface area contributed by atoms with Gasteiger partial charge in [0.2, 0.25) is 5.91 Å². The summed E-state index contributed by atoms with van der Waals surface area (Å²) in [6, 6.07) is 15.7. The van der Waals surface area contributed by atoms with Crippen LogP contribution in [0, 0.1) is 5.92 Å². The summed E-state index contributed by atoms with van der Waals surface area (Å²) in [4.78, 5) is 16.6. The Morgan fingerprint density at radius 1 is 1.16 bits per heavy atom. The molecule has 2 aromatic carbocycles. The predicted molar refractivity (Wildman–Crippen MR) is 101 cm³/mol. The number of para-hydroxylation sites is 2. The number of ether oxygens (including phenoxy) is 1. The highest BCUT2D eigenvalue weighted by atomic mass is 32.2. The fourth-order valence-corrected chi connectivity index (χ4v) is 3.78. The normalized spacial score (nSPS) is 12.5. The van der Waals surface area contributed by atoms with Crippen molar-refractivity contribution in [2.24, 2.45) is 11.7 Å². The number of rotatable bonds is 6. The van der Waals surface area contributed by atoms with Gasteiger partial charge in [-0.1, -0.05) is 37.7 Å². The molecule has 25 heavy (non-hydrogen) atoms. The average Bonchev–Trinajstić information content (AvgIpc) is 2.97. The third kappa shape index (κ3) is 3.49. The summed E-state index contributed by atoms with van der Waals surface area (Å²) < 4.78 is 7.29. The highest BCUT2D eigenvalue weighted by molar-refractivity contribution is 8.00. The van der Waals surface area contributed by atoms with E-state index in [0.717, 1.165) is 27.6 Å². The Bertz CT molecular complexity index is 887. The van der Waals surface area contributed by atoms with E-state index < -0.39 is 0 Å². The SMILES string of the molecule is COc1ccc(-n2c(SC(C(N)=O)C(C)C)nc3ccccc32)cc1. The van der Waals surface area contributed by atoms with Crippen molar-refractivity contribution >= 4 is 28.7 Å². The van der Waals surface area contributed by atoms with E-state index in [4.69, 9.17) is 15.5 Å². The summed E-state index contributed by atoms with van der Waals surface area (Å²) in [6.45, 7) is 3.98. The molecule has 0 aliphatic heterocycles. The summed E-state index contributed by atoms with van der Waals surface area (Å²) in [5, 5.41) is 0.415. The van der Waals surface area contributed by atoms with Crippen molar-refractivity contribution in [2.75, 3.05) is 7.11 Å². The first-order valence-electron chi connectivity index (χ1n) is 8.09. The van der Waals surface area contributed by atoms with Crippen LogP contribution < -0.4 is 10.5 Å². The van der Waals surface area contributed by atoms with Gasteiger partial charge in [-0.15, -0.1) is 0 Å². The maximum Gasteiger partial charge on any atom is 0.231 e. The monoisotopic (exact) mass is 355 g/mol. The number of aromatic nitrogens is 2. The molecule has 0 radical (unpaired) electrons. The minimum Gasteiger partial charge on any atom is -0.497 e. The van der Waals surface area contributed by atoms with Crippen LogP contribution in [0.4, 0.5) is 0 Å². The molecule has 0 fully saturated rings. The van der Waals surface area contributed by atoms with Gasteiger partial charge in [-0.3, -0.25) is 9.36 Å². The number of carbonyl (C=O) groups is 1. The molecule has 1 amide bonds. The van der Waals surface area contributed by atoms with Gasteiger partial charge in [0.15, 0.2) is 5.16 Å². The van der Waals surface area contributed by atoms with Gasteiger partial charge in [-0.25, -0.2) is 4.98 Å². The molecular formula is C19H21N3O2S. The highest BCUT2D eigenvalue weighted by Gasteiger charge is 2.24. The second-order valence-corrected chi connectivity index (χ2v) is 7.21. The number of nitrogens with two attached hydrogens (primary N) is 1. The molecule has 1 unspecified atom stereocenters. The molecule has 2 N–H and O–H groups in total. The highest BCUT2D eigenvalue weighted by Crippen LogP contribution is 2.33. The molecule has 3 aromatic rings. The Balaban J connectivity index is 2.12. The number of thioether (sulfide) groups is 1. The van der Waals surface area contributed by atoms with E-state index in [1.165, 1.54) is 11.8 Å². The lowest BCUT2D eigenvalue weighted by molar-refractivity contribution is -0.118. The lowest BCUT2D eigenvalue weighted by Crippen LogP contribution is -2.30. The second kappa shape index (κ2) is 7.19. The van der Waals surface area contributed by atoms with Crippen molar-refractivity contribution in [2.45, 2.75) is 24.3 Å². The van der Waals surface area contributed by atoms with E-state index in [-0.39, 0.29) is 17.1 Å². The molecule has 0 saturated heterocycles.